The van der Waals surface area contributed by atoms with Crippen LogP contribution < -0.4 is 20.5 Å². The fourth-order valence-corrected chi connectivity index (χ4v) is 1.47. The van der Waals surface area contributed by atoms with Crippen LogP contribution >= 0.6 is 0 Å². The number of carbonyl (C=O) groups excluding carboxylic acids is 1. The van der Waals surface area contributed by atoms with Gasteiger partial charge in [0.2, 0.25) is 0 Å². The lowest BCUT2D eigenvalue weighted by Crippen LogP contribution is -2.31. The predicted molar refractivity (Wildman–Crippen MR) is 74.2 cm³/mol. The topological polar surface area (TPSA) is 73.6 Å². The van der Waals surface area contributed by atoms with Gasteiger partial charge >= 0.3 is 0 Å². The van der Waals surface area contributed by atoms with Gasteiger partial charge in [0.05, 0.1) is 7.11 Å². The van der Waals surface area contributed by atoms with Crippen LogP contribution in [0.15, 0.2) is 18.2 Å². The summed E-state index contributed by atoms with van der Waals surface area (Å²) in [5, 5.41) is 2.79. The highest BCUT2D eigenvalue weighted by Crippen LogP contribution is 2.22. The summed E-state index contributed by atoms with van der Waals surface area (Å²) < 4.78 is 10.6. The van der Waals surface area contributed by atoms with Gasteiger partial charge in [-0.1, -0.05) is 13.8 Å². The Morgan fingerprint density at radius 2 is 2.00 bits per heavy atom. The number of benzene rings is 1. The molecule has 0 aliphatic carbocycles. The maximum atomic E-state index is 11.5. The first-order valence-corrected chi connectivity index (χ1v) is 6.32. The molecule has 0 fully saturated rings. The molecule has 0 unspecified atom stereocenters. The molecule has 0 atom stereocenters. The number of hydrogen-bond donors (Lipinski definition) is 2. The summed E-state index contributed by atoms with van der Waals surface area (Å²) in [5.41, 5.74) is 6.49. The van der Waals surface area contributed by atoms with Crippen molar-refractivity contribution in [3.8, 4) is 11.5 Å². The molecule has 0 spiro atoms. The monoisotopic (exact) mass is 266 g/mol. The Kier molecular flexibility index (Phi) is 6.15. The van der Waals surface area contributed by atoms with Crippen LogP contribution in [-0.4, -0.2) is 26.2 Å². The van der Waals surface area contributed by atoms with Crippen molar-refractivity contribution < 1.29 is 14.3 Å². The molecule has 106 valence electrons. The third kappa shape index (κ3) is 5.61. The van der Waals surface area contributed by atoms with Gasteiger partial charge in [0.25, 0.3) is 5.91 Å². The summed E-state index contributed by atoms with van der Waals surface area (Å²) in [7, 11) is 1.58. The molecule has 0 bridgehead atoms. The van der Waals surface area contributed by atoms with Gasteiger partial charge < -0.3 is 20.5 Å². The molecule has 19 heavy (non-hydrogen) atoms. The highest BCUT2D eigenvalue weighted by Gasteiger charge is 2.06. The zero-order valence-electron chi connectivity index (χ0n) is 11.7. The Morgan fingerprint density at radius 1 is 1.32 bits per heavy atom. The van der Waals surface area contributed by atoms with Gasteiger partial charge in [-0.2, -0.15) is 0 Å². The quantitative estimate of drug-likeness (QED) is 0.780. The molecular weight excluding hydrogens is 244 g/mol. The van der Waals surface area contributed by atoms with E-state index >= 15 is 0 Å². The minimum Gasteiger partial charge on any atom is -0.497 e. The first-order chi connectivity index (χ1) is 9.05. The molecule has 1 rings (SSSR count). The largest absolute Gasteiger partial charge is 0.497 e. The third-order valence-electron chi connectivity index (χ3n) is 2.49. The molecule has 1 amide bonds. The van der Waals surface area contributed by atoms with E-state index in [1.165, 1.54) is 0 Å². The number of carbonyl (C=O) groups is 1. The molecule has 3 N–H and O–H groups in total. The number of amides is 1. The molecule has 0 aliphatic heterocycles. The number of nitrogens with one attached hydrogen (secondary N) is 1. The molecule has 0 aromatic heterocycles. The highest BCUT2D eigenvalue weighted by atomic mass is 16.5. The van der Waals surface area contributed by atoms with E-state index in [2.05, 4.69) is 5.32 Å². The van der Waals surface area contributed by atoms with Crippen molar-refractivity contribution >= 4 is 5.91 Å². The van der Waals surface area contributed by atoms with Crippen LogP contribution in [0.5, 0.6) is 11.5 Å². The fourth-order valence-electron chi connectivity index (χ4n) is 1.47. The Hall–Kier alpha value is -1.75. The predicted octanol–water partition coefficient (Wildman–Crippen LogP) is 1.30. The van der Waals surface area contributed by atoms with E-state index in [9.17, 15) is 4.79 Å². The van der Waals surface area contributed by atoms with E-state index < -0.39 is 0 Å². The molecular formula is C14H22N2O3. The SMILES string of the molecule is COc1cc(CN)cc(OCC(=O)NCC(C)C)c1. The first kappa shape index (κ1) is 15.3. The van der Waals surface area contributed by atoms with E-state index in [0.717, 1.165) is 5.56 Å². The van der Waals surface area contributed by atoms with Gasteiger partial charge in [-0.3, -0.25) is 4.79 Å². The summed E-state index contributed by atoms with van der Waals surface area (Å²) in [4.78, 5) is 11.5. The third-order valence-corrected chi connectivity index (χ3v) is 2.49. The zero-order valence-corrected chi connectivity index (χ0v) is 11.7. The minimum absolute atomic E-state index is 0.0100. The molecule has 0 saturated carbocycles. The number of nitrogens with two attached hydrogens (primary N) is 1. The number of methoxy groups -OCH3 is 1. The Bertz CT molecular complexity index is 397. The molecule has 0 radical (unpaired) electrons. The summed E-state index contributed by atoms with van der Waals surface area (Å²) in [6.07, 6.45) is 0. The Balaban J connectivity index is 2.54. The second-order valence-electron chi connectivity index (χ2n) is 4.71. The van der Waals surface area contributed by atoms with Gasteiger partial charge in [0.1, 0.15) is 11.5 Å². The Labute approximate surface area is 114 Å². The summed E-state index contributed by atoms with van der Waals surface area (Å²) in [6.45, 7) is 5.11. The summed E-state index contributed by atoms with van der Waals surface area (Å²) in [5.74, 6) is 1.54. The van der Waals surface area contributed by atoms with Crippen molar-refractivity contribution in [2.45, 2.75) is 20.4 Å². The van der Waals surface area contributed by atoms with E-state index in [4.69, 9.17) is 15.2 Å². The minimum atomic E-state index is -0.134. The molecule has 1 aromatic rings. The summed E-state index contributed by atoms with van der Waals surface area (Å²) in [6, 6.07) is 5.37. The molecule has 5 heteroatoms. The van der Waals surface area contributed by atoms with Crippen molar-refractivity contribution in [3.63, 3.8) is 0 Å². The summed E-state index contributed by atoms with van der Waals surface area (Å²) >= 11 is 0. The average Bonchev–Trinajstić information content (AvgIpc) is 2.42. The van der Waals surface area contributed by atoms with Crippen molar-refractivity contribution in [1.29, 1.82) is 0 Å². The number of ether oxygens (including phenoxy) is 2. The average molecular weight is 266 g/mol. The van der Waals surface area contributed by atoms with Crippen LogP contribution in [0.2, 0.25) is 0 Å². The van der Waals surface area contributed by atoms with Gasteiger partial charge in [0.15, 0.2) is 6.61 Å². The number of rotatable bonds is 7. The van der Waals surface area contributed by atoms with Crippen LogP contribution in [0.4, 0.5) is 0 Å². The number of hydrogen-bond acceptors (Lipinski definition) is 4. The lowest BCUT2D eigenvalue weighted by atomic mass is 10.2. The fraction of sp³-hybridized carbons (Fsp3) is 0.500. The highest BCUT2D eigenvalue weighted by molar-refractivity contribution is 5.77. The Morgan fingerprint density at radius 3 is 2.58 bits per heavy atom. The van der Waals surface area contributed by atoms with E-state index in [0.29, 0.717) is 30.5 Å². The van der Waals surface area contributed by atoms with Gasteiger partial charge in [0, 0.05) is 19.2 Å². The smallest absolute Gasteiger partial charge is 0.257 e. The van der Waals surface area contributed by atoms with Crippen molar-refractivity contribution in [1.82, 2.24) is 5.32 Å². The standard InChI is InChI=1S/C14H22N2O3/c1-10(2)8-16-14(17)9-19-13-5-11(7-15)4-12(6-13)18-3/h4-6,10H,7-9,15H2,1-3H3,(H,16,17). The van der Waals surface area contributed by atoms with E-state index in [1.54, 1.807) is 19.2 Å². The molecule has 1 aromatic carbocycles. The first-order valence-electron chi connectivity index (χ1n) is 6.32. The van der Waals surface area contributed by atoms with Crippen LogP contribution in [0, 0.1) is 5.92 Å². The molecule has 5 nitrogen and oxygen atoms in total. The van der Waals surface area contributed by atoms with Gasteiger partial charge in [-0.25, -0.2) is 0 Å². The van der Waals surface area contributed by atoms with Crippen LogP contribution in [0.25, 0.3) is 0 Å². The normalized spacial score (nSPS) is 10.4. The van der Waals surface area contributed by atoms with Crippen LogP contribution in [0.3, 0.4) is 0 Å². The molecule has 0 heterocycles. The van der Waals surface area contributed by atoms with Crippen LogP contribution in [-0.2, 0) is 11.3 Å². The van der Waals surface area contributed by atoms with Crippen molar-refractivity contribution in [2.75, 3.05) is 20.3 Å². The van der Waals surface area contributed by atoms with Crippen molar-refractivity contribution in [3.05, 3.63) is 23.8 Å². The lowest BCUT2D eigenvalue weighted by Gasteiger charge is -2.11. The second-order valence-corrected chi connectivity index (χ2v) is 4.71. The second kappa shape index (κ2) is 7.63. The molecule has 0 aliphatic rings. The maximum Gasteiger partial charge on any atom is 0.257 e. The van der Waals surface area contributed by atoms with Gasteiger partial charge in [-0.05, 0) is 23.6 Å². The van der Waals surface area contributed by atoms with Crippen molar-refractivity contribution in [2.24, 2.45) is 11.7 Å². The zero-order chi connectivity index (χ0) is 14.3. The van der Waals surface area contributed by atoms with E-state index in [-0.39, 0.29) is 12.5 Å². The molecule has 0 saturated heterocycles. The van der Waals surface area contributed by atoms with E-state index in [1.807, 2.05) is 19.9 Å². The van der Waals surface area contributed by atoms with Crippen LogP contribution in [0.1, 0.15) is 19.4 Å². The van der Waals surface area contributed by atoms with Gasteiger partial charge in [-0.15, -0.1) is 0 Å². The lowest BCUT2D eigenvalue weighted by molar-refractivity contribution is -0.123. The maximum absolute atomic E-state index is 11.5.